The number of piperazine rings is 1. The fourth-order valence-electron chi connectivity index (χ4n) is 4.12. The molecule has 2 aromatic carbocycles. The Labute approximate surface area is 199 Å². The number of aromatic amines is 1. The zero-order valence-corrected chi connectivity index (χ0v) is 18.6. The molecular weight excluding hydrogens is 457 g/mol. The molecule has 4 aromatic rings. The summed E-state index contributed by atoms with van der Waals surface area (Å²) in [6, 6.07) is 17.8. The van der Waals surface area contributed by atoms with E-state index in [-0.39, 0.29) is 5.69 Å². The Morgan fingerprint density at radius 3 is 2.23 bits per heavy atom. The van der Waals surface area contributed by atoms with E-state index < -0.39 is 17.8 Å². The van der Waals surface area contributed by atoms with Gasteiger partial charge in [-0.3, -0.25) is 0 Å². The van der Waals surface area contributed by atoms with Crippen molar-refractivity contribution in [2.75, 3.05) is 46.6 Å². The molecule has 1 fully saturated rings. The minimum absolute atomic E-state index is 0.250. The summed E-state index contributed by atoms with van der Waals surface area (Å²) in [5.74, 6) is 0.816. The van der Waals surface area contributed by atoms with Gasteiger partial charge in [-0.2, -0.15) is 13.2 Å². The number of urea groups is 1. The molecule has 1 saturated heterocycles. The number of pyridine rings is 1. The summed E-state index contributed by atoms with van der Waals surface area (Å²) in [6.07, 6.45) is -2.79. The van der Waals surface area contributed by atoms with Crippen LogP contribution in [-0.2, 0) is 6.18 Å². The quantitative estimate of drug-likeness (QED) is 0.358. The molecule has 3 heterocycles. The third-order valence-electron chi connectivity index (χ3n) is 5.95. The molecule has 1 aliphatic heterocycles. The highest BCUT2D eigenvalue weighted by atomic mass is 19.4. The van der Waals surface area contributed by atoms with E-state index in [4.69, 9.17) is 4.98 Å². The summed E-state index contributed by atoms with van der Waals surface area (Å²) in [4.78, 5) is 24.9. The predicted molar refractivity (Wildman–Crippen MR) is 131 cm³/mol. The third kappa shape index (κ3) is 5.01. The fourth-order valence-corrected chi connectivity index (χ4v) is 4.12. The molecule has 2 amide bonds. The molecule has 0 saturated carbocycles. The van der Waals surface area contributed by atoms with Crippen LogP contribution in [0.5, 0.6) is 0 Å². The predicted octanol–water partition coefficient (Wildman–Crippen LogP) is 5.55. The fraction of sp³-hybridized carbons (Fsp3) is 0.200. The van der Waals surface area contributed by atoms with E-state index in [9.17, 15) is 18.0 Å². The molecule has 7 nitrogen and oxygen atoms in total. The van der Waals surface area contributed by atoms with Gasteiger partial charge in [0.05, 0.1) is 16.8 Å². The van der Waals surface area contributed by atoms with Crippen molar-refractivity contribution in [3.63, 3.8) is 0 Å². The second-order valence-electron chi connectivity index (χ2n) is 8.23. The number of H-pyrrole nitrogens is 1. The number of fused-ring (bicyclic) bond motifs is 1. The van der Waals surface area contributed by atoms with Gasteiger partial charge in [0.15, 0.2) is 0 Å². The van der Waals surface area contributed by atoms with Crippen LogP contribution < -0.4 is 20.4 Å². The van der Waals surface area contributed by atoms with Gasteiger partial charge in [0.1, 0.15) is 11.3 Å². The monoisotopic (exact) mass is 480 g/mol. The van der Waals surface area contributed by atoms with E-state index in [1.807, 2.05) is 30.3 Å². The number of nitrogens with one attached hydrogen (secondary N) is 3. The van der Waals surface area contributed by atoms with Gasteiger partial charge in [-0.05, 0) is 48.5 Å². The maximum absolute atomic E-state index is 12.7. The smallest absolute Gasteiger partial charge is 0.368 e. The highest BCUT2D eigenvalue weighted by Crippen LogP contribution is 2.30. The zero-order chi connectivity index (χ0) is 24.4. The van der Waals surface area contributed by atoms with Crippen LogP contribution in [-0.4, -0.2) is 42.2 Å². The van der Waals surface area contributed by atoms with Crippen LogP contribution in [0, 0.1) is 0 Å². The minimum atomic E-state index is -4.43. The second-order valence-corrected chi connectivity index (χ2v) is 8.23. The van der Waals surface area contributed by atoms with Crippen LogP contribution in [0.3, 0.4) is 0 Å². The number of nitrogens with zero attached hydrogens (tertiary/aromatic N) is 3. The Balaban J connectivity index is 1.25. The molecule has 35 heavy (non-hydrogen) atoms. The SMILES string of the molecule is O=C(Nc1ccc(C(F)(F)F)cc1)Nc1c[nH]c2ccc(N3CCN(c4ccccc4)CC3)nc12. The van der Waals surface area contributed by atoms with Crippen molar-refractivity contribution in [1.82, 2.24) is 9.97 Å². The van der Waals surface area contributed by atoms with Crippen LogP contribution in [0.25, 0.3) is 11.0 Å². The lowest BCUT2D eigenvalue weighted by Crippen LogP contribution is -2.46. The lowest BCUT2D eigenvalue weighted by Gasteiger charge is -2.36. The standard InChI is InChI=1S/C25H23F3N6O/c26-25(27,28)17-6-8-18(9-7-17)30-24(35)31-21-16-29-20-10-11-22(32-23(20)21)34-14-12-33(13-15-34)19-4-2-1-3-5-19/h1-11,16,29H,12-15H2,(H2,30,31,35). The van der Waals surface area contributed by atoms with Crippen LogP contribution in [0.15, 0.2) is 72.9 Å². The van der Waals surface area contributed by atoms with Gasteiger partial charge in [-0.25, -0.2) is 9.78 Å². The third-order valence-corrected chi connectivity index (χ3v) is 5.95. The van der Waals surface area contributed by atoms with E-state index in [0.29, 0.717) is 11.2 Å². The van der Waals surface area contributed by atoms with E-state index in [1.165, 1.54) is 17.8 Å². The Morgan fingerprint density at radius 1 is 0.857 bits per heavy atom. The summed E-state index contributed by atoms with van der Waals surface area (Å²) in [7, 11) is 0. The van der Waals surface area contributed by atoms with Crippen LogP contribution in [0.4, 0.5) is 40.8 Å². The number of carbonyl (C=O) groups is 1. The lowest BCUT2D eigenvalue weighted by atomic mass is 10.2. The number of carbonyl (C=O) groups excluding carboxylic acids is 1. The summed E-state index contributed by atoms with van der Waals surface area (Å²) < 4.78 is 38.2. The Kier molecular flexibility index (Phi) is 5.94. The molecule has 0 atom stereocenters. The zero-order valence-electron chi connectivity index (χ0n) is 18.6. The van der Waals surface area contributed by atoms with Gasteiger partial charge in [-0.15, -0.1) is 0 Å². The van der Waals surface area contributed by atoms with E-state index in [1.54, 1.807) is 6.20 Å². The van der Waals surface area contributed by atoms with Gasteiger partial charge in [-0.1, -0.05) is 18.2 Å². The maximum atomic E-state index is 12.7. The molecule has 10 heteroatoms. The number of halogens is 3. The molecule has 2 aromatic heterocycles. The Bertz CT molecular complexity index is 1310. The molecule has 0 radical (unpaired) electrons. The Hall–Kier alpha value is -4.21. The molecule has 3 N–H and O–H groups in total. The highest BCUT2D eigenvalue weighted by molar-refractivity contribution is 6.05. The number of aromatic nitrogens is 2. The van der Waals surface area contributed by atoms with E-state index in [2.05, 4.69) is 37.6 Å². The number of para-hydroxylation sites is 1. The van der Waals surface area contributed by atoms with Crippen molar-refractivity contribution >= 4 is 39.9 Å². The molecule has 180 valence electrons. The van der Waals surface area contributed by atoms with Gasteiger partial charge >= 0.3 is 12.2 Å². The largest absolute Gasteiger partial charge is 0.416 e. The number of benzene rings is 2. The van der Waals surface area contributed by atoms with Gasteiger partial charge in [0.2, 0.25) is 0 Å². The van der Waals surface area contributed by atoms with E-state index in [0.717, 1.165) is 49.6 Å². The number of alkyl halides is 3. The molecular formula is C25H23F3N6O. The van der Waals surface area contributed by atoms with Gasteiger partial charge < -0.3 is 25.4 Å². The number of rotatable bonds is 4. The van der Waals surface area contributed by atoms with Gasteiger partial charge in [0.25, 0.3) is 0 Å². The first-order valence-electron chi connectivity index (χ1n) is 11.2. The van der Waals surface area contributed by atoms with Crippen molar-refractivity contribution < 1.29 is 18.0 Å². The van der Waals surface area contributed by atoms with Crippen molar-refractivity contribution in [1.29, 1.82) is 0 Å². The number of anilines is 4. The molecule has 0 bridgehead atoms. The summed E-state index contributed by atoms with van der Waals surface area (Å²) >= 11 is 0. The van der Waals surface area contributed by atoms with Crippen LogP contribution in [0.1, 0.15) is 5.56 Å². The summed E-state index contributed by atoms with van der Waals surface area (Å²) in [6.45, 7) is 3.37. The first kappa shape index (κ1) is 22.6. The van der Waals surface area contributed by atoms with Gasteiger partial charge in [0, 0.05) is 43.8 Å². The summed E-state index contributed by atoms with van der Waals surface area (Å²) in [5, 5.41) is 5.27. The van der Waals surface area contributed by atoms with Crippen molar-refractivity contribution in [3.05, 3.63) is 78.5 Å². The average Bonchev–Trinajstić information content (AvgIpc) is 3.26. The minimum Gasteiger partial charge on any atom is -0.368 e. The number of hydrogen-bond donors (Lipinski definition) is 3. The van der Waals surface area contributed by atoms with E-state index >= 15 is 0 Å². The topological polar surface area (TPSA) is 76.3 Å². The number of amides is 2. The van der Waals surface area contributed by atoms with Crippen molar-refractivity contribution in [3.8, 4) is 0 Å². The molecule has 1 aliphatic rings. The first-order chi connectivity index (χ1) is 16.9. The van der Waals surface area contributed by atoms with Crippen LogP contribution in [0.2, 0.25) is 0 Å². The molecule has 0 spiro atoms. The Morgan fingerprint density at radius 2 is 1.54 bits per heavy atom. The molecule has 0 unspecified atom stereocenters. The normalized spacial score (nSPS) is 14.3. The highest BCUT2D eigenvalue weighted by Gasteiger charge is 2.30. The molecule has 5 rings (SSSR count). The summed E-state index contributed by atoms with van der Waals surface area (Å²) in [5.41, 5.74) is 2.53. The van der Waals surface area contributed by atoms with Crippen molar-refractivity contribution in [2.45, 2.75) is 6.18 Å². The van der Waals surface area contributed by atoms with Crippen molar-refractivity contribution in [2.24, 2.45) is 0 Å². The second kappa shape index (κ2) is 9.21. The average molecular weight is 480 g/mol. The number of hydrogen-bond acceptors (Lipinski definition) is 4. The maximum Gasteiger partial charge on any atom is 0.416 e. The molecule has 0 aliphatic carbocycles. The first-order valence-corrected chi connectivity index (χ1v) is 11.2. The van der Waals surface area contributed by atoms with Crippen LogP contribution >= 0.6 is 0 Å². The lowest BCUT2D eigenvalue weighted by molar-refractivity contribution is -0.137.